The van der Waals surface area contributed by atoms with E-state index in [9.17, 15) is 21.6 Å². The van der Waals surface area contributed by atoms with Crippen LogP contribution in [0, 0.1) is 0 Å². The Labute approximate surface area is 220 Å². The molecule has 198 valence electrons. The molecule has 0 saturated carbocycles. The van der Waals surface area contributed by atoms with Gasteiger partial charge in [-0.3, -0.25) is 4.79 Å². The van der Waals surface area contributed by atoms with Crippen molar-refractivity contribution in [1.29, 1.82) is 0 Å². The lowest BCUT2D eigenvalue weighted by atomic mass is 10.2. The van der Waals surface area contributed by atoms with Crippen LogP contribution in [-0.4, -0.2) is 70.0 Å². The number of carbonyl (C=O) groups is 1. The minimum absolute atomic E-state index is 0.000952. The lowest BCUT2D eigenvalue weighted by molar-refractivity contribution is -0.125. The van der Waals surface area contributed by atoms with Crippen molar-refractivity contribution in [1.82, 2.24) is 14.0 Å². The molecular formula is C25H24N4O7S2. The fraction of sp³-hybridized carbons (Fsp3) is 0.200. The zero-order valence-corrected chi connectivity index (χ0v) is 21.6. The van der Waals surface area contributed by atoms with Gasteiger partial charge in [0.15, 0.2) is 11.5 Å². The van der Waals surface area contributed by atoms with Crippen LogP contribution in [0.15, 0.2) is 93.8 Å². The predicted molar refractivity (Wildman–Crippen MR) is 138 cm³/mol. The second-order valence-electron chi connectivity index (χ2n) is 8.47. The lowest BCUT2D eigenvalue weighted by Crippen LogP contribution is -2.60. The summed E-state index contributed by atoms with van der Waals surface area (Å²) in [5.74, 6) is 0.360. The number of sulfonamides is 2. The number of piperazine rings is 1. The lowest BCUT2D eigenvalue weighted by Gasteiger charge is -2.38. The molecule has 38 heavy (non-hydrogen) atoms. The Morgan fingerprint density at radius 1 is 0.842 bits per heavy atom. The van der Waals surface area contributed by atoms with Crippen molar-refractivity contribution in [2.75, 3.05) is 26.4 Å². The van der Waals surface area contributed by atoms with Crippen molar-refractivity contribution in [2.24, 2.45) is 5.10 Å². The Bertz CT molecular complexity index is 1560. The molecule has 13 heteroatoms. The molecule has 0 aliphatic carbocycles. The quantitative estimate of drug-likeness (QED) is 0.345. The molecule has 2 aliphatic heterocycles. The minimum Gasteiger partial charge on any atom is -0.454 e. The van der Waals surface area contributed by atoms with E-state index >= 15 is 0 Å². The van der Waals surface area contributed by atoms with Crippen LogP contribution in [-0.2, 0) is 24.8 Å². The zero-order valence-electron chi connectivity index (χ0n) is 20.0. The van der Waals surface area contributed by atoms with Gasteiger partial charge in [0.2, 0.25) is 26.8 Å². The molecule has 1 N–H and O–H groups in total. The molecule has 1 atom stereocenters. The molecule has 2 aliphatic rings. The van der Waals surface area contributed by atoms with E-state index in [0.717, 1.165) is 8.61 Å². The molecule has 3 aromatic rings. The van der Waals surface area contributed by atoms with Gasteiger partial charge in [0, 0.05) is 19.6 Å². The summed E-state index contributed by atoms with van der Waals surface area (Å²) >= 11 is 0. The van der Waals surface area contributed by atoms with E-state index in [2.05, 4.69) is 10.5 Å². The van der Waals surface area contributed by atoms with Crippen molar-refractivity contribution >= 4 is 32.2 Å². The van der Waals surface area contributed by atoms with Gasteiger partial charge in [-0.1, -0.05) is 36.4 Å². The van der Waals surface area contributed by atoms with Crippen LogP contribution in [0.2, 0.25) is 0 Å². The van der Waals surface area contributed by atoms with Gasteiger partial charge < -0.3 is 9.47 Å². The van der Waals surface area contributed by atoms with E-state index in [0.29, 0.717) is 17.1 Å². The highest BCUT2D eigenvalue weighted by Gasteiger charge is 2.43. The highest BCUT2D eigenvalue weighted by molar-refractivity contribution is 7.89. The van der Waals surface area contributed by atoms with E-state index < -0.39 is 32.0 Å². The van der Waals surface area contributed by atoms with Gasteiger partial charge in [-0.2, -0.15) is 13.7 Å². The van der Waals surface area contributed by atoms with Crippen LogP contribution in [0.5, 0.6) is 11.5 Å². The second kappa shape index (κ2) is 10.5. The van der Waals surface area contributed by atoms with E-state index in [4.69, 9.17) is 9.47 Å². The first-order valence-electron chi connectivity index (χ1n) is 11.6. The molecular weight excluding hydrogens is 532 g/mol. The van der Waals surface area contributed by atoms with Crippen molar-refractivity contribution in [3.8, 4) is 11.5 Å². The molecule has 5 rings (SSSR count). The number of hydrogen-bond acceptors (Lipinski definition) is 8. The number of ether oxygens (including phenoxy) is 2. The third-order valence-electron chi connectivity index (χ3n) is 6.11. The number of amides is 1. The van der Waals surface area contributed by atoms with Crippen molar-refractivity contribution in [3.63, 3.8) is 0 Å². The standard InChI is InChI=1S/C25H24N4O7S2/c30-25(27-26-16-19-11-12-23-24(15-19)36-18-35-23)22-17-28(37(31,32)20-7-3-1-4-8-20)13-14-29(22)38(33,34)21-9-5-2-6-10-21/h1-12,15-16,22H,13-14,17-18H2,(H,27,30)/b26-16-/t22-/m0/s1. The first-order valence-corrected chi connectivity index (χ1v) is 14.5. The van der Waals surface area contributed by atoms with Gasteiger partial charge in [-0.05, 0) is 48.0 Å². The number of rotatable bonds is 7. The highest BCUT2D eigenvalue weighted by Crippen LogP contribution is 2.32. The van der Waals surface area contributed by atoms with Crippen LogP contribution in [0.4, 0.5) is 0 Å². The maximum atomic E-state index is 13.4. The Hall–Kier alpha value is -3.78. The molecule has 0 aromatic heterocycles. The molecule has 0 unspecified atom stereocenters. The van der Waals surface area contributed by atoms with Gasteiger partial charge in [-0.15, -0.1) is 0 Å². The van der Waals surface area contributed by atoms with Crippen LogP contribution in [0.25, 0.3) is 0 Å². The average Bonchev–Trinajstić information content (AvgIpc) is 3.42. The first-order chi connectivity index (χ1) is 18.3. The summed E-state index contributed by atoms with van der Waals surface area (Å²) in [6.07, 6.45) is 1.37. The van der Waals surface area contributed by atoms with E-state index in [-0.39, 0.29) is 36.2 Å². The van der Waals surface area contributed by atoms with Crippen molar-refractivity contribution in [3.05, 3.63) is 84.4 Å². The van der Waals surface area contributed by atoms with Gasteiger partial charge in [0.25, 0.3) is 5.91 Å². The molecule has 2 heterocycles. The fourth-order valence-electron chi connectivity index (χ4n) is 4.17. The summed E-state index contributed by atoms with van der Waals surface area (Å²) in [4.78, 5) is 13.3. The fourth-order valence-corrected chi connectivity index (χ4v) is 7.22. The normalized spacial score (nSPS) is 18.5. The van der Waals surface area contributed by atoms with Gasteiger partial charge in [0.05, 0.1) is 16.0 Å². The third-order valence-corrected chi connectivity index (χ3v) is 9.91. The van der Waals surface area contributed by atoms with Gasteiger partial charge >= 0.3 is 0 Å². The van der Waals surface area contributed by atoms with Crippen LogP contribution >= 0.6 is 0 Å². The van der Waals surface area contributed by atoms with Crippen molar-refractivity contribution < 1.29 is 31.1 Å². The molecule has 1 fully saturated rings. The Balaban J connectivity index is 1.40. The summed E-state index contributed by atoms with van der Waals surface area (Å²) in [6, 6.07) is 19.2. The number of hydrogen-bond donors (Lipinski definition) is 1. The summed E-state index contributed by atoms with van der Waals surface area (Å²) in [5.41, 5.74) is 2.98. The molecule has 0 bridgehead atoms. The van der Waals surface area contributed by atoms with E-state index in [1.807, 2.05) is 0 Å². The first kappa shape index (κ1) is 25.9. The number of nitrogens with zero attached hydrogens (tertiary/aromatic N) is 3. The molecule has 1 saturated heterocycles. The SMILES string of the molecule is O=C(N/N=C\c1ccc2c(c1)OCO2)[C@@H]1CN(S(=O)(=O)c2ccccc2)CCN1S(=O)(=O)c1ccccc1. The molecule has 3 aromatic carbocycles. The topological polar surface area (TPSA) is 135 Å². The zero-order chi connectivity index (χ0) is 26.8. The molecule has 0 radical (unpaired) electrons. The molecule has 1 amide bonds. The van der Waals surface area contributed by atoms with Crippen LogP contribution in [0.1, 0.15) is 5.56 Å². The summed E-state index contributed by atoms with van der Waals surface area (Å²) in [7, 11) is -8.07. The number of nitrogens with one attached hydrogen (secondary N) is 1. The van der Waals surface area contributed by atoms with Gasteiger partial charge in [0.1, 0.15) is 6.04 Å². The Morgan fingerprint density at radius 2 is 1.47 bits per heavy atom. The van der Waals surface area contributed by atoms with E-state index in [1.54, 1.807) is 54.6 Å². The minimum atomic E-state index is -4.11. The van der Waals surface area contributed by atoms with Crippen LogP contribution < -0.4 is 14.9 Å². The maximum Gasteiger partial charge on any atom is 0.259 e. The Morgan fingerprint density at radius 3 is 2.16 bits per heavy atom. The number of benzene rings is 3. The summed E-state index contributed by atoms with van der Waals surface area (Å²) < 4.78 is 66.1. The summed E-state index contributed by atoms with van der Waals surface area (Å²) in [5, 5.41) is 3.97. The smallest absolute Gasteiger partial charge is 0.259 e. The number of fused-ring (bicyclic) bond motifs is 1. The Kier molecular flexibility index (Phi) is 7.17. The largest absolute Gasteiger partial charge is 0.454 e. The van der Waals surface area contributed by atoms with Gasteiger partial charge in [-0.25, -0.2) is 22.3 Å². The monoisotopic (exact) mass is 556 g/mol. The molecule has 0 spiro atoms. The number of carbonyl (C=O) groups excluding carboxylic acids is 1. The van der Waals surface area contributed by atoms with E-state index in [1.165, 1.54) is 30.5 Å². The summed E-state index contributed by atoms with van der Waals surface area (Å²) in [6.45, 7) is -0.599. The number of hydrazone groups is 1. The second-order valence-corrected chi connectivity index (χ2v) is 12.3. The predicted octanol–water partition coefficient (Wildman–Crippen LogP) is 1.63. The maximum absolute atomic E-state index is 13.4. The molecule has 11 nitrogen and oxygen atoms in total. The van der Waals surface area contributed by atoms with Crippen LogP contribution in [0.3, 0.4) is 0 Å². The van der Waals surface area contributed by atoms with Crippen molar-refractivity contribution in [2.45, 2.75) is 15.8 Å². The average molecular weight is 557 g/mol. The third kappa shape index (κ3) is 5.13. The highest BCUT2D eigenvalue weighted by atomic mass is 32.2.